The minimum atomic E-state index is 0.0286. The van der Waals surface area contributed by atoms with E-state index in [0.717, 1.165) is 29.8 Å². The van der Waals surface area contributed by atoms with E-state index in [1.807, 2.05) is 43.0 Å². The van der Waals surface area contributed by atoms with E-state index in [1.165, 1.54) is 0 Å². The zero-order valence-electron chi connectivity index (χ0n) is 18.9. The SMILES string of the molecule is CCN(CC)C(=O)c1ccc([C@H](c2cccc(O)c2)N2C[C@@H](C)N(C)C[C@@H]2C)cc1. The molecule has 0 bridgehead atoms. The molecular formula is C25H35N3O2. The van der Waals surface area contributed by atoms with Crippen molar-refractivity contribution >= 4 is 5.91 Å². The third kappa shape index (κ3) is 4.68. The molecule has 0 saturated carbocycles. The van der Waals surface area contributed by atoms with Crippen LogP contribution < -0.4 is 0 Å². The van der Waals surface area contributed by atoms with Gasteiger partial charge in [0, 0.05) is 43.8 Å². The second kappa shape index (κ2) is 9.63. The summed E-state index contributed by atoms with van der Waals surface area (Å²) in [6.07, 6.45) is 0. The molecule has 1 N–H and O–H groups in total. The molecule has 5 nitrogen and oxygen atoms in total. The van der Waals surface area contributed by atoms with E-state index in [-0.39, 0.29) is 17.7 Å². The van der Waals surface area contributed by atoms with E-state index in [1.54, 1.807) is 6.07 Å². The molecule has 0 spiro atoms. The summed E-state index contributed by atoms with van der Waals surface area (Å²) in [6.45, 7) is 11.9. The lowest BCUT2D eigenvalue weighted by molar-refractivity contribution is 0.0389. The van der Waals surface area contributed by atoms with Gasteiger partial charge in [0.05, 0.1) is 6.04 Å². The molecule has 1 fully saturated rings. The number of aromatic hydroxyl groups is 1. The fraction of sp³-hybridized carbons (Fsp3) is 0.480. The van der Waals surface area contributed by atoms with Crippen molar-refractivity contribution in [3.8, 4) is 5.75 Å². The lowest BCUT2D eigenvalue weighted by Crippen LogP contribution is -2.55. The Bertz CT molecular complexity index is 848. The zero-order valence-corrected chi connectivity index (χ0v) is 18.9. The number of carbonyl (C=O) groups is 1. The maximum Gasteiger partial charge on any atom is 0.253 e. The number of benzene rings is 2. The Hall–Kier alpha value is -2.37. The summed E-state index contributed by atoms with van der Waals surface area (Å²) in [5.74, 6) is 0.350. The van der Waals surface area contributed by atoms with Crippen LogP contribution in [0.1, 0.15) is 55.2 Å². The standard InChI is InChI=1S/C25H35N3O2/c1-6-27(7-2)25(30)21-13-11-20(12-14-21)24(22-9-8-10-23(29)15-22)28-17-18(3)26(5)16-19(28)4/h8-15,18-19,24,29H,6-7,16-17H2,1-5H3/t18-,19+,24-/m1/s1. The van der Waals surface area contributed by atoms with Gasteiger partial charge in [0.1, 0.15) is 5.75 Å². The summed E-state index contributed by atoms with van der Waals surface area (Å²) in [5, 5.41) is 10.1. The van der Waals surface area contributed by atoms with Gasteiger partial charge >= 0.3 is 0 Å². The summed E-state index contributed by atoms with van der Waals surface area (Å²) in [7, 11) is 2.18. The van der Waals surface area contributed by atoms with Crippen LogP contribution in [0.25, 0.3) is 0 Å². The summed E-state index contributed by atoms with van der Waals surface area (Å²) < 4.78 is 0. The number of phenols is 1. The van der Waals surface area contributed by atoms with Gasteiger partial charge in [-0.05, 0) is 70.1 Å². The second-order valence-corrected chi connectivity index (χ2v) is 8.43. The number of rotatable bonds is 6. The molecule has 3 atom stereocenters. The predicted molar refractivity (Wildman–Crippen MR) is 122 cm³/mol. The number of carbonyl (C=O) groups excluding carboxylic acids is 1. The smallest absolute Gasteiger partial charge is 0.253 e. The number of phenolic OH excluding ortho intramolecular Hbond substituents is 1. The van der Waals surface area contributed by atoms with Gasteiger partial charge in [0.2, 0.25) is 0 Å². The van der Waals surface area contributed by atoms with Crippen molar-refractivity contribution in [1.82, 2.24) is 14.7 Å². The molecule has 1 saturated heterocycles. The fourth-order valence-electron chi connectivity index (χ4n) is 4.46. The number of amides is 1. The minimum absolute atomic E-state index is 0.0286. The largest absolute Gasteiger partial charge is 0.508 e. The molecule has 162 valence electrons. The van der Waals surface area contributed by atoms with E-state index in [2.05, 4.69) is 48.9 Å². The van der Waals surface area contributed by atoms with Crippen LogP contribution in [-0.2, 0) is 0 Å². The molecule has 2 aromatic rings. The van der Waals surface area contributed by atoms with Crippen LogP contribution in [-0.4, -0.2) is 71.0 Å². The van der Waals surface area contributed by atoms with Crippen LogP contribution in [0.4, 0.5) is 0 Å². The summed E-state index contributed by atoms with van der Waals surface area (Å²) >= 11 is 0. The number of hydrogen-bond acceptors (Lipinski definition) is 4. The maximum absolute atomic E-state index is 12.7. The Balaban J connectivity index is 1.97. The van der Waals surface area contributed by atoms with Crippen molar-refractivity contribution in [2.45, 2.75) is 45.8 Å². The van der Waals surface area contributed by atoms with Crippen molar-refractivity contribution in [1.29, 1.82) is 0 Å². The first-order chi connectivity index (χ1) is 14.3. The number of nitrogens with zero attached hydrogens (tertiary/aromatic N) is 3. The molecule has 1 amide bonds. The fourth-order valence-corrected chi connectivity index (χ4v) is 4.46. The first-order valence-corrected chi connectivity index (χ1v) is 11.0. The molecule has 0 aromatic heterocycles. The van der Waals surface area contributed by atoms with Crippen LogP contribution in [0.2, 0.25) is 0 Å². The molecule has 5 heteroatoms. The molecule has 1 heterocycles. The molecular weight excluding hydrogens is 374 g/mol. The number of hydrogen-bond donors (Lipinski definition) is 1. The first kappa shape index (κ1) is 22.3. The molecule has 0 radical (unpaired) electrons. The first-order valence-electron chi connectivity index (χ1n) is 11.0. The van der Waals surface area contributed by atoms with Gasteiger partial charge in [-0.25, -0.2) is 0 Å². The summed E-state index contributed by atoms with van der Waals surface area (Å²) in [5.41, 5.74) is 2.93. The Morgan fingerprint density at radius 3 is 2.30 bits per heavy atom. The molecule has 3 rings (SSSR count). The molecule has 1 aliphatic heterocycles. The van der Waals surface area contributed by atoms with Crippen LogP contribution >= 0.6 is 0 Å². The van der Waals surface area contributed by atoms with E-state index >= 15 is 0 Å². The number of likely N-dealkylation sites (N-methyl/N-ethyl adjacent to an activating group) is 1. The highest BCUT2D eigenvalue weighted by Gasteiger charge is 2.33. The van der Waals surface area contributed by atoms with Crippen molar-refractivity contribution in [3.63, 3.8) is 0 Å². The Kier molecular flexibility index (Phi) is 7.16. The molecule has 2 aromatic carbocycles. The van der Waals surface area contributed by atoms with E-state index < -0.39 is 0 Å². The monoisotopic (exact) mass is 409 g/mol. The predicted octanol–water partition coefficient (Wildman–Crippen LogP) is 3.99. The summed E-state index contributed by atoms with van der Waals surface area (Å²) in [4.78, 5) is 19.5. The van der Waals surface area contributed by atoms with Gasteiger partial charge in [0.25, 0.3) is 5.91 Å². The van der Waals surface area contributed by atoms with Crippen LogP contribution in [0.3, 0.4) is 0 Å². The van der Waals surface area contributed by atoms with Gasteiger partial charge in [0.15, 0.2) is 0 Å². The van der Waals surface area contributed by atoms with Gasteiger partial charge in [-0.15, -0.1) is 0 Å². The van der Waals surface area contributed by atoms with Crippen molar-refractivity contribution in [2.24, 2.45) is 0 Å². The highest BCUT2D eigenvalue weighted by molar-refractivity contribution is 5.94. The maximum atomic E-state index is 12.7. The van der Waals surface area contributed by atoms with Crippen LogP contribution in [0.15, 0.2) is 48.5 Å². The number of piperazine rings is 1. The van der Waals surface area contributed by atoms with Gasteiger partial charge < -0.3 is 14.9 Å². The summed E-state index contributed by atoms with van der Waals surface area (Å²) in [6, 6.07) is 16.4. The van der Waals surface area contributed by atoms with Crippen LogP contribution in [0, 0.1) is 0 Å². The van der Waals surface area contributed by atoms with Gasteiger partial charge in [-0.1, -0.05) is 24.3 Å². The second-order valence-electron chi connectivity index (χ2n) is 8.43. The minimum Gasteiger partial charge on any atom is -0.508 e. The highest BCUT2D eigenvalue weighted by atomic mass is 16.3. The Labute approximate surface area is 180 Å². The molecule has 30 heavy (non-hydrogen) atoms. The van der Waals surface area contributed by atoms with Crippen molar-refractivity contribution in [3.05, 3.63) is 65.2 Å². The van der Waals surface area contributed by atoms with E-state index in [4.69, 9.17) is 0 Å². The molecule has 1 aliphatic rings. The van der Waals surface area contributed by atoms with E-state index in [9.17, 15) is 9.90 Å². The Morgan fingerprint density at radius 1 is 1.03 bits per heavy atom. The third-order valence-corrected chi connectivity index (χ3v) is 6.39. The van der Waals surface area contributed by atoms with Crippen LogP contribution in [0.5, 0.6) is 5.75 Å². The topological polar surface area (TPSA) is 47.0 Å². The Morgan fingerprint density at radius 2 is 1.70 bits per heavy atom. The van der Waals surface area contributed by atoms with Crippen molar-refractivity contribution < 1.29 is 9.90 Å². The van der Waals surface area contributed by atoms with Crippen molar-refractivity contribution in [2.75, 3.05) is 33.2 Å². The average Bonchev–Trinajstić information content (AvgIpc) is 2.73. The third-order valence-electron chi connectivity index (χ3n) is 6.39. The quantitative estimate of drug-likeness (QED) is 0.784. The zero-order chi connectivity index (χ0) is 21.8. The van der Waals surface area contributed by atoms with Gasteiger partial charge in [-0.3, -0.25) is 9.69 Å². The molecule has 0 aliphatic carbocycles. The van der Waals surface area contributed by atoms with E-state index in [0.29, 0.717) is 25.2 Å². The lowest BCUT2D eigenvalue weighted by Gasteiger charge is -2.46. The molecule has 0 unspecified atom stereocenters. The lowest BCUT2D eigenvalue weighted by atomic mass is 9.93. The highest BCUT2D eigenvalue weighted by Crippen LogP contribution is 2.34. The normalized spacial score (nSPS) is 21.4. The average molecular weight is 410 g/mol. The van der Waals surface area contributed by atoms with Gasteiger partial charge in [-0.2, -0.15) is 0 Å².